The summed E-state index contributed by atoms with van der Waals surface area (Å²) >= 11 is 1.45. The van der Waals surface area contributed by atoms with Crippen LogP contribution in [-0.4, -0.2) is 93.1 Å². The zero-order valence-corrected chi connectivity index (χ0v) is 36.0. The number of carbonyl (C=O) groups is 4. The third kappa shape index (κ3) is 8.60. The smallest absolute Gasteiger partial charge is 0.407 e. The van der Waals surface area contributed by atoms with Crippen LogP contribution in [0.25, 0.3) is 43.2 Å². The number of thiophene rings is 1. The molecule has 0 radical (unpaired) electrons. The molecular weight excluding hydrogens is 788 g/mol. The third-order valence-corrected chi connectivity index (χ3v) is 12.6. The molecular formula is C44H53FN8O6S. The van der Waals surface area contributed by atoms with Gasteiger partial charge in [0.2, 0.25) is 11.8 Å². The molecule has 0 unspecified atom stereocenters. The SMILES string of the molecule is COC(=O)N[C@H](C(=O)N1C[C@@H](C)C[C@H]1c1ncc(-c2ccc(-c3ccc(-c4cc5[nH]c([C@@H]6C[C@H](C)CN6C(=O)[C@@H](NC(=O)OC)C(C)C)nc5s4)cc3F)cc2)[nH]1)C(C)C. The highest BCUT2D eigenvalue weighted by Crippen LogP contribution is 2.40. The average molecular weight is 841 g/mol. The van der Waals surface area contributed by atoms with Gasteiger partial charge in [-0.05, 0) is 65.3 Å². The first kappa shape index (κ1) is 42.4. The molecule has 2 saturated heterocycles. The number of fused-ring (bicyclic) bond motifs is 1. The Morgan fingerprint density at radius 3 is 1.82 bits per heavy atom. The third-order valence-electron chi connectivity index (χ3n) is 11.6. The second-order valence-electron chi connectivity index (χ2n) is 16.8. The van der Waals surface area contributed by atoms with Crippen molar-refractivity contribution in [2.24, 2.45) is 23.7 Å². The van der Waals surface area contributed by atoms with Crippen LogP contribution >= 0.6 is 11.3 Å². The van der Waals surface area contributed by atoms with Crippen molar-refractivity contribution in [2.75, 3.05) is 27.3 Å². The van der Waals surface area contributed by atoms with Crippen molar-refractivity contribution in [3.05, 3.63) is 72.2 Å². The number of aromatic amines is 2. The lowest BCUT2D eigenvalue weighted by Crippen LogP contribution is -2.51. The zero-order valence-electron chi connectivity index (χ0n) is 35.2. The molecule has 16 heteroatoms. The average Bonchev–Trinajstić information content (AvgIpc) is 4.07. The molecule has 0 spiro atoms. The van der Waals surface area contributed by atoms with E-state index in [9.17, 15) is 19.2 Å². The highest BCUT2D eigenvalue weighted by Gasteiger charge is 2.41. The molecule has 5 aromatic rings. The first-order chi connectivity index (χ1) is 28.6. The molecule has 3 aromatic heterocycles. The summed E-state index contributed by atoms with van der Waals surface area (Å²) in [4.78, 5) is 73.0. The van der Waals surface area contributed by atoms with E-state index in [0.29, 0.717) is 30.3 Å². The number of hydrogen-bond acceptors (Lipinski definition) is 9. The predicted octanol–water partition coefficient (Wildman–Crippen LogP) is 8.07. The van der Waals surface area contributed by atoms with Crippen LogP contribution in [0, 0.1) is 29.5 Å². The van der Waals surface area contributed by atoms with Crippen LogP contribution in [0.3, 0.4) is 0 Å². The lowest BCUT2D eigenvalue weighted by Gasteiger charge is -2.30. The number of rotatable bonds is 11. The molecule has 14 nitrogen and oxygen atoms in total. The van der Waals surface area contributed by atoms with Crippen molar-refractivity contribution < 1.29 is 33.0 Å². The van der Waals surface area contributed by atoms with E-state index in [2.05, 4.69) is 39.4 Å². The lowest BCUT2D eigenvalue weighted by molar-refractivity contribution is -0.136. The number of nitrogens with zero attached hydrogens (tertiary/aromatic N) is 4. The summed E-state index contributed by atoms with van der Waals surface area (Å²) in [6.07, 6.45) is 1.91. The van der Waals surface area contributed by atoms with Gasteiger partial charge in [-0.15, -0.1) is 11.3 Å². The van der Waals surface area contributed by atoms with Crippen molar-refractivity contribution in [1.29, 1.82) is 0 Å². The second kappa shape index (κ2) is 17.4. The fraction of sp³-hybridized carbons (Fsp3) is 0.455. The van der Waals surface area contributed by atoms with Crippen molar-refractivity contribution >= 4 is 45.7 Å². The molecule has 2 aliphatic rings. The van der Waals surface area contributed by atoms with Crippen molar-refractivity contribution in [3.8, 4) is 32.8 Å². The van der Waals surface area contributed by atoms with E-state index < -0.39 is 24.3 Å². The van der Waals surface area contributed by atoms with Gasteiger partial charge >= 0.3 is 12.2 Å². The second-order valence-corrected chi connectivity index (χ2v) is 17.8. The van der Waals surface area contributed by atoms with Crippen LogP contribution in [0.2, 0.25) is 0 Å². The number of H-pyrrole nitrogens is 2. The van der Waals surface area contributed by atoms with Gasteiger partial charge in [0, 0.05) is 23.5 Å². The van der Waals surface area contributed by atoms with E-state index >= 15 is 4.39 Å². The number of nitrogens with one attached hydrogen (secondary N) is 4. The molecule has 2 fully saturated rings. The van der Waals surface area contributed by atoms with Crippen molar-refractivity contribution in [1.82, 2.24) is 40.4 Å². The van der Waals surface area contributed by atoms with Crippen LogP contribution < -0.4 is 10.6 Å². The van der Waals surface area contributed by atoms with Crippen LogP contribution in [0.5, 0.6) is 0 Å². The van der Waals surface area contributed by atoms with Gasteiger partial charge in [-0.1, -0.05) is 77.9 Å². The molecule has 2 aromatic carbocycles. The Morgan fingerprint density at radius 1 is 0.767 bits per heavy atom. The van der Waals surface area contributed by atoms with Crippen LogP contribution in [0.4, 0.5) is 14.0 Å². The summed E-state index contributed by atoms with van der Waals surface area (Å²) in [6, 6.07) is 12.8. The van der Waals surface area contributed by atoms with Crippen molar-refractivity contribution in [2.45, 2.75) is 78.6 Å². The summed E-state index contributed by atoms with van der Waals surface area (Å²) in [5.41, 5.74) is 4.36. The Morgan fingerprint density at radius 2 is 1.30 bits per heavy atom. The first-order valence-corrected chi connectivity index (χ1v) is 21.2. The highest BCUT2D eigenvalue weighted by molar-refractivity contribution is 7.21. The number of likely N-dealkylation sites (tertiary alicyclic amines) is 2. The molecule has 4 N–H and O–H groups in total. The van der Waals surface area contributed by atoms with E-state index in [-0.39, 0.29) is 53.4 Å². The Labute approximate surface area is 352 Å². The molecule has 318 valence electrons. The van der Waals surface area contributed by atoms with Gasteiger partial charge in [0.15, 0.2) is 0 Å². The van der Waals surface area contributed by atoms with Gasteiger partial charge in [0.25, 0.3) is 0 Å². The number of alkyl carbamates (subject to hydrolysis) is 2. The summed E-state index contributed by atoms with van der Waals surface area (Å²) in [5, 5.41) is 5.38. The predicted molar refractivity (Wildman–Crippen MR) is 227 cm³/mol. The lowest BCUT2D eigenvalue weighted by atomic mass is 10.0. The minimum absolute atomic E-state index is 0.139. The summed E-state index contributed by atoms with van der Waals surface area (Å²) in [6.45, 7) is 12.8. The first-order valence-electron chi connectivity index (χ1n) is 20.4. The van der Waals surface area contributed by atoms with Gasteiger partial charge in [-0.2, -0.15) is 0 Å². The number of methoxy groups -OCH3 is 2. The molecule has 0 bridgehead atoms. The van der Waals surface area contributed by atoms with E-state index in [0.717, 1.165) is 50.5 Å². The largest absolute Gasteiger partial charge is 0.453 e. The number of benzene rings is 2. The molecule has 2 aliphatic heterocycles. The van der Waals surface area contributed by atoms with E-state index in [4.69, 9.17) is 14.5 Å². The van der Waals surface area contributed by atoms with E-state index in [1.165, 1.54) is 31.6 Å². The molecule has 0 saturated carbocycles. The zero-order chi connectivity index (χ0) is 43.0. The number of carbonyl (C=O) groups excluding carboxylic acids is 4. The topological polar surface area (TPSA) is 175 Å². The quantitative estimate of drug-likeness (QED) is 0.103. The number of ether oxygens (including phenoxy) is 2. The van der Waals surface area contributed by atoms with Crippen molar-refractivity contribution in [3.63, 3.8) is 0 Å². The standard InChI is InChI=1S/C44H53FN8O6S/c1-22(2)36(49-43(56)58-7)41(54)52-20-24(5)15-33(52)38-46-19-32(48-38)27-11-9-26(10-12-27)29-14-13-28(17-30(29)45)35-18-31-40(60-35)51-39(47-31)34-16-25(6)21-53(34)42(55)37(23(3)4)50-44(57)59-8/h9-14,17-19,22-25,33-34,36-37H,15-16,20-21H2,1-8H3,(H,46,48)(H,47,51)(H,49,56)(H,50,57)/t24-,25-,33-,34-,36-,37-/m0/s1. The fourth-order valence-electron chi connectivity index (χ4n) is 8.37. The summed E-state index contributed by atoms with van der Waals surface area (Å²) < 4.78 is 25.3. The Kier molecular flexibility index (Phi) is 12.3. The summed E-state index contributed by atoms with van der Waals surface area (Å²) in [7, 11) is 2.55. The fourth-order valence-corrected chi connectivity index (χ4v) is 9.36. The van der Waals surface area contributed by atoms with Gasteiger partial charge < -0.3 is 39.9 Å². The maximum Gasteiger partial charge on any atom is 0.407 e. The van der Waals surface area contributed by atoms with Gasteiger partial charge in [-0.25, -0.2) is 23.9 Å². The number of amides is 4. The number of imidazole rings is 2. The minimum Gasteiger partial charge on any atom is -0.453 e. The maximum atomic E-state index is 15.8. The van der Waals surface area contributed by atoms with Gasteiger partial charge in [0.05, 0.1) is 43.7 Å². The van der Waals surface area contributed by atoms with Gasteiger partial charge in [0.1, 0.15) is 34.4 Å². The molecule has 4 amide bonds. The molecule has 6 atom stereocenters. The monoisotopic (exact) mass is 840 g/mol. The Hall–Kier alpha value is -5.77. The minimum atomic E-state index is -0.729. The van der Waals surface area contributed by atoms with Crippen LogP contribution in [-0.2, 0) is 19.1 Å². The Balaban J connectivity index is 1.04. The van der Waals surface area contributed by atoms with Crippen LogP contribution in [0.15, 0.2) is 54.7 Å². The number of hydrogen-bond donors (Lipinski definition) is 4. The Bertz CT molecular complexity index is 2340. The molecule has 0 aliphatic carbocycles. The normalized spacial score (nSPS) is 20.2. The molecule has 5 heterocycles. The van der Waals surface area contributed by atoms with E-state index in [1.807, 2.05) is 64.1 Å². The van der Waals surface area contributed by atoms with Gasteiger partial charge in [-0.3, -0.25) is 9.59 Å². The summed E-state index contributed by atoms with van der Waals surface area (Å²) in [5.74, 6) is 0.869. The van der Waals surface area contributed by atoms with Crippen LogP contribution in [0.1, 0.15) is 78.1 Å². The molecule has 60 heavy (non-hydrogen) atoms. The number of aromatic nitrogens is 4. The van der Waals surface area contributed by atoms with E-state index in [1.54, 1.807) is 22.1 Å². The highest BCUT2D eigenvalue weighted by atomic mass is 32.1. The maximum absolute atomic E-state index is 15.8. The molecule has 7 rings (SSSR count). The number of halogens is 1.